The van der Waals surface area contributed by atoms with Crippen LogP contribution in [-0.2, 0) is 14.8 Å². The molecule has 170 valence electrons. The Kier molecular flexibility index (Phi) is 9.23. The molecule has 2 rings (SSSR count). The van der Waals surface area contributed by atoms with E-state index in [2.05, 4.69) is 17.1 Å². The van der Waals surface area contributed by atoms with E-state index in [-0.39, 0.29) is 12.5 Å². The Balaban J connectivity index is 1.93. The Morgan fingerprint density at radius 1 is 1.23 bits per heavy atom. The number of carbonyl (C=O) groups excluding carboxylic acids is 1. The van der Waals surface area contributed by atoms with Gasteiger partial charge in [0.15, 0.2) is 11.5 Å². The number of sulfonamides is 1. The molecule has 1 aromatic carbocycles. The van der Waals surface area contributed by atoms with Crippen molar-refractivity contribution in [2.75, 3.05) is 51.0 Å². The van der Waals surface area contributed by atoms with Crippen LogP contribution in [0.25, 0.3) is 0 Å². The maximum absolute atomic E-state index is 12.4. The summed E-state index contributed by atoms with van der Waals surface area (Å²) >= 11 is 0. The highest BCUT2D eigenvalue weighted by Gasteiger charge is 2.23. The average molecular weight is 442 g/mol. The molecule has 0 spiro atoms. The Morgan fingerprint density at radius 2 is 1.97 bits per heavy atom. The standard InChI is InChI=1S/C21H35N3O5S/c1-5-17-9-6-7-13-23(17)14-8-12-22-21(25)16-24(30(4,26)27)18-10-11-19(28-2)20(15-18)29-3/h10-11,15,17H,5-9,12-14,16H2,1-4H3,(H,22,25). The van der Waals surface area contributed by atoms with E-state index in [4.69, 9.17) is 9.47 Å². The molecule has 30 heavy (non-hydrogen) atoms. The van der Waals surface area contributed by atoms with E-state index in [1.807, 2.05) is 0 Å². The molecule has 1 aliphatic rings. The summed E-state index contributed by atoms with van der Waals surface area (Å²) < 4.78 is 36.1. The van der Waals surface area contributed by atoms with Crippen molar-refractivity contribution in [2.24, 2.45) is 0 Å². The molecule has 0 bridgehead atoms. The molecule has 0 radical (unpaired) electrons. The zero-order valence-corrected chi connectivity index (χ0v) is 19.3. The monoisotopic (exact) mass is 441 g/mol. The third-order valence-corrected chi connectivity index (χ3v) is 6.65. The largest absolute Gasteiger partial charge is 0.493 e. The van der Waals surface area contributed by atoms with E-state index >= 15 is 0 Å². The van der Waals surface area contributed by atoms with Crippen molar-refractivity contribution in [3.63, 3.8) is 0 Å². The summed E-state index contributed by atoms with van der Waals surface area (Å²) in [5.41, 5.74) is 0.351. The highest BCUT2D eigenvalue weighted by Crippen LogP contribution is 2.32. The van der Waals surface area contributed by atoms with Gasteiger partial charge in [-0.1, -0.05) is 13.3 Å². The van der Waals surface area contributed by atoms with Gasteiger partial charge in [-0.3, -0.25) is 9.10 Å². The lowest BCUT2D eigenvalue weighted by molar-refractivity contribution is -0.119. The summed E-state index contributed by atoms with van der Waals surface area (Å²) in [6.07, 6.45) is 6.86. The van der Waals surface area contributed by atoms with Gasteiger partial charge in [-0.25, -0.2) is 8.42 Å². The lowest BCUT2D eigenvalue weighted by Gasteiger charge is -2.35. The molecular weight excluding hydrogens is 406 g/mol. The summed E-state index contributed by atoms with van der Waals surface area (Å²) in [4.78, 5) is 14.9. The molecule has 1 N–H and O–H groups in total. The van der Waals surface area contributed by atoms with Gasteiger partial charge in [0.1, 0.15) is 6.54 Å². The van der Waals surface area contributed by atoms with Gasteiger partial charge < -0.3 is 19.7 Å². The second kappa shape index (κ2) is 11.4. The highest BCUT2D eigenvalue weighted by molar-refractivity contribution is 7.92. The van der Waals surface area contributed by atoms with E-state index < -0.39 is 10.0 Å². The second-order valence-corrected chi connectivity index (χ2v) is 9.51. The summed E-state index contributed by atoms with van der Waals surface area (Å²) in [6.45, 7) is 4.53. The van der Waals surface area contributed by atoms with Crippen LogP contribution in [0, 0.1) is 0 Å². The zero-order chi connectivity index (χ0) is 22.1. The number of amides is 1. The third kappa shape index (κ3) is 6.77. The number of carbonyl (C=O) groups is 1. The molecule has 1 heterocycles. The molecule has 0 saturated carbocycles. The first-order valence-corrected chi connectivity index (χ1v) is 12.4. The molecule has 1 aromatic rings. The first-order valence-electron chi connectivity index (χ1n) is 10.5. The molecule has 0 aromatic heterocycles. The Morgan fingerprint density at radius 3 is 2.60 bits per heavy atom. The molecule has 0 aliphatic carbocycles. The topological polar surface area (TPSA) is 88.2 Å². The number of nitrogens with zero attached hydrogens (tertiary/aromatic N) is 2. The Bertz CT molecular complexity index is 800. The van der Waals surface area contributed by atoms with Gasteiger partial charge in [-0.05, 0) is 44.4 Å². The van der Waals surface area contributed by atoms with E-state index in [1.54, 1.807) is 18.2 Å². The molecule has 1 aliphatic heterocycles. The van der Waals surface area contributed by atoms with E-state index in [9.17, 15) is 13.2 Å². The van der Waals surface area contributed by atoms with Crippen LogP contribution in [0.15, 0.2) is 18.2 Å². The number of likely N-dealkylation sites (tertiary alicyclic amines) is 1. The molecule has 1 amide bonds. The van der Waals surface area contributed by atoms with E-state index in [0.29, 0.717) is 29.8 Å². The summed E-state index contributed by atoms with van der Waals surface area (Å²) in [5.74, 6) is 0.555. The highest BCUT2D eigenvalue weighted by atomic mass is 32.2. The Labute approximate surface area is 180 Å². The number of methoxy groups -OCH3 is 2. The van der Waals surface area contributed by atoms with Crippen LogP contribution >= 0.6 is 0 Å². The molecule has 1 saturated heterocycles. The van der Waals surface area contributed by atoms with Crippen LogP contribution in [-0.4, -0.2) is 71.9 Å². The van der Waals surface area contributed by atoms with Gasteiger partial charge in [-0.2, -0.15) is 0 Å². The molecule has 8 nitrogen and oxygen atoms in total. The van der Waals surface area contributed by atoms with Gasteiger partial charge in [0, 0.05) is 25.2 Å². The van der Waals surface area contributed by atoms with Crippen molar-refractivity contribution in [1.29, 1.82) is 0 Å². The minimum Gasteiger partial charge on any atom is -0.493 e. The summed E-state index contributed by atoms with van der Waals surface area (Å²) in [5, 5.41) is 2.85. The van der Waals surface area contributed by atoms with Crippen molar-refractivity contribution >= 4 is 21.6 Å². The van der Waals surface area contributed by atoms with Crippen molar-refractivity contribution in [3.8, 4) is 11.5 Å². The van der Waals surface area contributed by atoms with Gasteiger partial charge in [0.05, 0.1) is 26.2 Å². The third-order valence-electron chi connectivity index (χ3n) is 5.51. The molecule has 1 unspecified atom stereocenters. The zero-order valence-electron chi connectivity index (χ0n) is 18.5. The quantitative estimate of drug-likeness (QED) is 0.530. The number of piperidine rings is 1. The van der Waals surface area contributed by atoms with Crippen LogP contribution in [0.1, 0.15) is 39.0 Å². The number of hydrogen-bond acceptors (Lipinski definition) is 6. The predicted octanol–water partition coefficient (Wildman–Crippen LogP) is 2.24. The fraction of sp³-hybridized carbons (Fsp3) is 0.667. The van der Waals surface area contributed by atoms with Crippen molar-refractivity contribution in [3.05, 3.63) is 18.2 Å². The first kappa shape index (κ1) is 24.3. The average Bonchev–Trinajstić information content (AvgIpc) is 2.74. The normalized spacial score (nSPS) is 17.4. The van der Waals surface area contributed by atoms with Crippen molar-refractivity contribution in [1.82, 2.24) is 10.2 Å². The predicted molar refractivity (Wildman–Crippen MR) is 119 cm³/mol. The number of ether oxygens (including phenoxy) is 2. The molecule has 1 atom stereocenters. The van der Waals surface area contributed by atoms with Gasteiger partial charge in [-0.15, -0.1) is 0 Å². The van der Waals surface area contributed by atoms with Crippen LogP contribution in [0.2, 0.25) is 0 Å². The number of benzene rings is 1. The van der Waals surface area contributed by atoms with Crippen molar-refractivity contribution < 1.29 is 22.7 Å². The fourth-order valence-corrected chi connectivity index (χ4v) is 4.74. The minimum atomic E-state index is -3.65. The number of hydrogen-bond donors (Lipinski definition) is 1. The molecule has 9 heteroatoms. The van der Waals surface area contributed by atoms with Crippen LogP contribution < -0.4 is 19.1 Å². The van der Waals surface area contributed by atoms with Gasteiger partial charge in [0.2, 0.25) is 15.9 Å². The fourth-order valence-electron chi connectivity index (χ4n) is 3.89. The molecular formula is C21H35N3O5S. The maximum Gasteiger partial charge on any atom is 0.240 e. The smallest absolute Gasteiger partial charge is 0.240 e. The SMILES string of the molecule is CCC1CCCCN1CCCNC(=O)CN(c1ccc(OC)c(OC)c1)S(C)(=O)=O. The van der Waals surface area contributed by atoms with E-state index in [0.717, 1.165) is 36.5 Å². The lowest BCUT2D eigenvalue weighted by atomic mass is 10.00. The van der Waals surface area contributed by atoms with Crippen LogP contribution in [0.4, 0.5) is 5.69 Å². The maximum atomic E-state index is 12.4. The number of rotatable bonds is 11. The summed E-state index contributed by atoms with van der Waals surface area (Å²) in [7, 11) is -0.665. The van der Waals surface area contributed by atoms with Crippen LogP contribution in [0.3, 0.4) is 0 Å². The van der Waals surface area contributed by atoms with Crippen molar-refractivity contribution in [2.45, 2.75) is 45.1 Å². The Hall–Kier alpha value is -2.00. The van der Waals surface area contributed by atoms with Crippen LogP contribution in [0.5, 0.6) is 11.5 Å². The lowest BCUT2D eigenvalue weighted by Crippen LogP contribution is -2.42. The number of nitrogens with one attached hydrogen (secondary N) is 1. The van der Waals surface area contributed by atoms with Gasteiger partial charge in [0.25, 0.3) is 0 Å². The van der Waals surface area contributed by atoms with Gasteiger partial charge >= 0.3 is 0 Å². The number of anilines is 1. The van der Waals surface area contributed by atoms with E-state index in [1.165, 1.54) is 33.5 Å². The first-order chi connectivity index (χ1) is 14.3. The summed E-state index contributed by atoms with van der Waals surface area (Å²) in [6, 6.07) is 5.40. The molecule has 1 fully saturated rings. The second-order valence-electron chi connectivity index (χ2n) is 7.61. The minimum absolute atomic E-state index is 0.282.